The molecule has 3 amide bonds. The van der Waals surface area contributed by atoms with Gasteiger partial charge in [0.05, 0.1) is 12.2 Å². The predicted octanol–water partition coefficient (Wildman–Crippen LogP) is 5.27. The summed E-state index contributed by atoms with van der Waals surface area (Å²) in [5.74, 6) is -1.43. The lowest BCUT2D eigenvalue weighted by molar-refractivity contribution is 0.0953. The largest absolute Gasteiger partial charge is 0.354 e. The van der Waals surface area contributed by atoms with Crippen molar-refractivity contribution in [1.29, 1.82) is 0 Å². The lowest BCUT2D eigenvalue weighted by Gasteiger charge is -2.31. The highest BCUT2D eigenvalue weighted by Crippen LogP contribution is 2.39. The maximum Gasteiger partial charge on any atom is 0.328 e. The van der Waals surface area contributed by atoms with Crippen LogP contribution in [0.1, 0.15) is 41.3 Å². The van der Waals surface area contributed by atoms with E-state index in [1.54, 1.807) is 18.2 Å². The number of carbonyl (C=O) groups is 2. The van der Waals surface area contributed by atoms with E-state index in [0.717, 1.165) is 29.0 Å². The van der Waals surface area contributed by atoms with Crippen LogP contribution in [-0.2, 0) is 6.54 Å². The van der Waals surface area contributed by atoms with E-state index in [2.05, 4.69) is 25.9 Å². The van der Waals surface area contributed by atoms with Crippen LogP contribution in [0, 0.1) is 18.6 Å². The van der Waals surface area contributed by atoms with E-state index in [0.29, 0.717) is 47.8 Å². The van der Waals surface area contributed by atoms with Crippen molar-refractivity contribution in [2.45, 2.75) is 33.2 Å². The molecule has 37 heavy (non-hydrogen) atoms. The van der Waals surface area contributed by atoms with Crippen LogP contribution >= 0.6 is 11.6 Å². The van der Waals surface area contributed by atoms with Gasteiger partial charge in [-0.05, 0) is 49.6 Å². The molecule has 0 atom stereocenters. The van der Waals surface area contributed by atoms with Gasteiger partial charge in [-0.3, -0.25) is 4.79 Å². The Morgan fingerprint density at radius 2 is 1.92 bits per heavy atom. The van der Waals surface area contributed by atoms with Crippen molar-refractivity contribution in [2.24, 2.45) is 0 Å². The van der Waals surface area contributed by atoms with E-state index in [9.17, 15) is 18.4 Å². The molecule has 0 unspecified atom stereocenters. The molecule has 0 saturated heterocycles. The number of anilines is 3. The van der Waals surface area contributed by atoms with Gasteiger partial charge in [-0.25, -0.2) is 23.5 Å². The quantitative estimate of drug-likeness (QED) is 0.259. The second-order valence-corrected chi connectivity index (χ2v) is 8.90. The van der Waals surface area contributed by atoms with Crippen molar-refractivity contribution in [3.8, 4) is 11.3 Å². The molecular weight excluding hydrogens is 502 g/mol. The molecule has 0 fully saturated rings. The van der Waals surface area contributed by atoms with E-state index >= 15 is 0 Å². The Kier molecular flexibility index (Phi) is 8.17. The van der Waals surface area contributed by atoms with Crippen molar-refractivity contribution >= 4 is 41.0 Å². The van der Waals surface area contributed by atoms with Gasteiger partial charge < -0.3 is 16.0 Å². The molecule has 0 bridgehead atoms. The van der Waals surface area contributed by atoms with Crippen LogP contribution in [0.5, 0.6) is 0 Å². The summed E-state index contributed by atoms with van der Waals surface area (Å²) in [6.45, 7) is 4.85. The molecule has 2 aromatic carbocycles. The minimum atomic E-state index is -0.911. The smallest absolute Gasteiger partial charge is 0.328 e. The van der Waals surface area contributed by atoms with Gasteiger partial charge >= 0.3 is 6.03 Å². The summed E-state index contributed by atoms with van der Waals surface area (Å²) >= 11 is 5.81. The fourth-order valence-electron chi connectivity index (χ4n) is 4.00. The number of fused-ring (bicyclic) bond motifs is 1. The summed E-state index contributed by atoms with van der Waals surface area (Å²) in [5.41, 5.74) is 2.24. The number of hydrogen-bond donors (Lipinski definition) is 3. The highest BCUT2D eigenvalue weighted by atomic mass is 35.5. The maximum absolute atomic E-state index is 14.8. The molecule has 1 aromatic heterocycles. The summed E-state index contributed by atoms with van der Waals surface area (Å²) in [4.78, 5) is 35.6. The molecular formula is C26H27ClF2N6O2. The third-order valence-corrected chi connectivity index (χ3v) is 6.13. The molecule has 0 radical (unpaired) electrons. The first kappa shape index (κ1) is 26.3. The first-order chi connectivity index (χ1) is 17.8. The number of carbonyl (C=O) groups excluding carboxylic acids is 2. The molecule has 0 spiro atoms. The first-order valence-corrected chi connectivity index (χ1v) is 12.5. The molecule has 2 heterocycles. The summed E-state index contributed by atoms with van der Waals surface area (Å²) in [6, 6.07) is 7.89. The minimum absolute atomic E-state index is 0.0315. The maximum atomic E-state index is 14.8. The standard InChI is InChI=1S/C26H27ClF2N6O2/c1-3-11-30-24(36)16-9-8-15(2)17(13-16)21-18-14-32-26(37)35(22-19(28)6-4-7-20(22)29)23(18)34-25(33-21)31-12-5-10-27/h4,6-9,13H,3,5,10-12,14H2,1-2H3,(H,30,36)(H,32,37)(H,31,33,34). The highest BCUT2D eigenvalue weighted by Gasteiger charge is 2.34. The van der Waals surface area contributed by atoms with Crippen molar-refractivity contribution < 1.29 is 18.4 Å². The number of hydrogen-bond acceptors (Lipinski definition) is 5. The molecule has 0 saturated carbocycles. The molecule has 0 aliphatic carbocycles. The number of aryl methyl sites for hydroxylation is 1. The zero-order valence-corrected chi connectivity index (χ0v) is 21.3. The van der Waals surface area contributed by atoms with Crippen molar-refractivity contribution in [3.63, 3.8) is 0 Å². The third-order valence-electron chi connectivity index (χ3n) is 5.86. The van der Waals surface area contributed by atoms with E-state index in [1.165, 1.54) is 6.07 Å². The minimum Gasteiger partial charge on any atom is -0.354 e. The number of benzene rings is 2. The van der Waals surface area contributed by atoms with Gasteiger partial charge in [-0.2, -0.15) is 4.98 Å². The van der Waals surface area contributed by atoms with Gasteiger partial charge in [-0.15, -0.1) is 11.6 Å². The zero-order valence-electron chi connectivity index (χ0n) is 20.5. The van der Waals surface area contributed by atoms with Crippen LogP contribution in [0.15, 0.2) is 36.4 Å². The molecule has 4 rings (SSSR count). The Hall–Kier alpha value is -3.79. The third kappa shape index (κ3) is 5.48. The summed E-state index contributed by atoms with van der Waals surface area (Å²) < 4.78 is 29.6. The van der Waals surface area contributed by atoms with Gasteiger partial charge in [0.2, 0.25) is 5.95 Å². The van der Waals surface area contributed by atoms with E-state index in [4.69, 9.17) is 11.6 Å². The van der Waals surface area contributed by atoms with Crippen LogP contribution in [0.25, 0.3) is 11.3 Å². The lowest BCUT2D eigenvalue weighted by Crippen LogP contribution is -2.43. The highest BCUT2D eigenvalue weighted by molar-refractivity contribution is 6.17. The monoisotopic (exact) mass is 528 g/mol. The Balaban J connectivity index is 1.91. The Morgan fingerprint density at radius 1 is 1.16 bits per heavy atom. The molecule has 8 nitrogen and oxygen atoms in total. The molecule has 1 aliphatic heterocycles. The fraction of sp³-hybridized carbons (Fsp3) is 0.308. The predicted molar refractivity (Wildman–Crippen MR) is 139 cm³/mol. The van der Waals surface area contributed by atoms with E-state index < -0.39 is 23.4 Å². The number of amides is 3. The van der Waals surface area contributed by atoms with Crippen LogP contribution in [0.4, 0.5) is 31.0 Å². The van der Waals surface area contributed by atoms with Gasteiger partial charge in [0.15, 0.2) is 5.82 Å². The molecule has 1 aliphatic rings. The molecule has 3 aromatic rings. The number of aromatic nitrogens is 2. The lowest BCUT2D eigenvalue weighted by atomic mass is 9.97. The number of para-hydroxylation sites is 1. The van der Waals surface area contributed by atoms with Gasteiger partial charge in [0, 0.05) is 35.7 Å². The molecule has 11 heteroatoms. The number of alkyl halides is 1. The van der Waals surface area contributed by atoms with Crippen molar-refractivity contribution in [2.75, 3.05) is 29.2 Å². The van der Waals surface area contributed by atoms with E-state index in [1.807, 2.05) is 13.8 Å². The van der Waals surface area contributed by atoms with Crippen LogP contribution in [0.2, 0.25) is 0 Å². The summed E-state index contributed by atoms with van der Waals surface area (Å²) in [6.07, 6.45) is 1.42. The second-order valence-electron chi connectivity index (χ2n) is 8.52. The topological polar surface area (TPSA) is 99.2 Å². The Bertz CT molecular complexity index is 1320. The fourth-order valence-corrected chi connectivity index (χ4v) is 4.13. The van der Waals surface area contributed by atoms with Crippen molar-refractivity contribution in [1.82, 2.24) is 20.6 Å². The number of nitrogens with one attached hydrogen (secondary N) is 3. The van der Waals surface area contributed by atoms with Gasteiger partial charge in [0.25, 0.3) is 5.91 Å². The number of halogens is 3. The summed E-state index contributed by atoms with van der Waals surface area (Å²) in [5, 5.41) is 8.60. The van der Waals surface area contributed by atoms with Crippen molar-refractivity contribution in [3.05, 3.63) is 64.7 Å². The number of urea groups is 1. The summed E-state index contributed by atoms with van der Waals surface area (Å²) in [7, 11) is 0. The second kappa shape index (κ2) is 11.5. The Labute approximate surface area is 218 Å². The van der Waals surface area contributed by atoms with Gasteiger partial charge in [-0.1, -0.05) is 19.1 Å². The van der Waals surface area contributed by atoms with Gasteiger partial charge in [0.1, 0.15) is 17.3 Å². The first-order valence-electron chi connectivity index (χ1n) is 12.0. The zero-order chi connectivity index (χ0) is 26.5. The van der Waals surface area contributed by atoms with E-state index in [-0.39, 0.29) is 24.2 Å². The Morgan fingerprint density at radius 3 is 2.62 bits per heavy atom. The average Bonchev–Trinajstić information content (AvgIpc) is 2.88. The van der Waals surface area contributed by atoms with Crippen LogP contribution < -0.4 is 20.9 Å². The normalized spacial score (nSPS) is 12.7. The number of rotatable bonds is 9. The molecule has 194 valence electrons. The SMILES string of the molecule is CCCNC(=O)c1ccc(C)c(-c2nc(NCCCCl)nc3c2CNC(=O)N3c2c(F)cccc2F)c1. The molecule has 3 N–H and O–H groups in total. The van der Waals surface area contributed by atoms with Crippen LogP contribution in [0.3, 0.4) is 0 Å². The number of nitrogens with zero attached hydrogens (tertiary/aromatic N) is 3. The van der Waals surface area contributed by atoms with Crippen LogP contribution in [-0.4, -0.2) is 40.9 Å². The average molecular weight is 529 g/mol.